The maximum absolute atomic E-state index is 5.10. The normalized spacial score (nSPS) is 10.8. The Morgan fingerprint density at radius 1 is 1.06 bits per heavy atom. The second-order valence-electron chi connectivity index (χ2n) is 3.84. The summed E-state index contributed by atoms with van der Waals surface area (Å²) in [6.07, 6.45) is 2.75. The van der Waals surface area contributed by atoms with Gasteiger partial charge in [0.1, 0.15) is 5.75 Å². The fourth-order valence-corrected chi connectivity index (χ4v) is 1.81. The predicted molar refractivity (Wildman–Crippen MR) is 79.0 cm³/mol. The van der Waals surface area contributed by atoms with E-state index in [4.69, 9.17) is 4.74 Å². The van der Waals surface area contributed by atoms with Gasteiger partial charge in [0, 0.05) is 17.1 Å². The summed E-state index contributed by atoms with van der Waals surface area (Å²) in [4.78, 5) is 4.41. The number of rotatable bonds is 4. The van der Waals surface area contributed by atoms with Crippen molar-refractivity contribution in [3.63, 3.8) is 0 Å². The van der Waals surface area contributed by atoms with Gasteiger partial charge in [0.2, 0.25) is 0 Å². The van der Waals surface area contributed by atoms with E-state index < -0.39 is 0 Å². The zero-order valence-electron chi connectivity index (χ0n) is 10.1. The first-order chi connectivity index (χ1) is 8.78. The van der Waals surface area contributed by atoms with E-state index in [1.807, 2.05) is 42.6 Å². The molecule has 0 aliphatic heterocycles. The first kappa shape index (κ1) is 12.8. The standard InChI is InChI=1S/C15H14BrNO/c1-18-15-8-6-14(7-9-15)17-11-10-12-2-4-13(16)5-3-12/h2-9,11H,10H2,1H3. The highest BCUT2D eigenvalue weighted by atomic mass is 79.9. The van der Waals surface area contributed by atoms with Gasteiger partial charge in [0.25, 0.3) is 0 Å². The first-order valence-electron chi connectivity index (χ1n) is 5.69. The number of halogens is 1. The number of nitrogens with zero attached hydrogens (tertiary/aromatic N) is 1. The molecule has 0 spiro atoms. The molecule has 2 nitrogen and oxygen atoms in total. The van der Waals surface area contributed by atoms with Crippen molar-refractivity contribution in [2.45, 2.75) is 6.42 Å². The zero-order valence-corrected chi connectivity index (χ0v) is 11.7. The fourth-order valence-electron chi connectivity index (χ4n) is 1.55. The Hall–Kier alpha value is -1.61. The van der Waals surface area contributed by atoms with Crippen molar-refractivity contribution in [2.75, 3.05) is 7.11 Å². The molecule has 0 atom stereocenters. The molecule has 0 saturated carbocycles. The van der Waals surface area contributed by atoms with E-state index in [0.717, 1.165) is 22.3 Å². The van der Waals surface area contributed by atoms with Crippen LogP contribution >= 0.6 is 15.9 Å². The van der Waals surface area contributed by atoms with Gasteiger partial charge in [-0.1, -0.05) is 28.1 Å². The summed E-state index contributed by atoms with van der Waals surface area (Å²) < 4.78 is 6.19. The molecule has 18 heavy (non-hydrogen) atoms. The summed E-state index contributed by atoms with van der Waals surface area (Å²) in [5.74, 6) is 0.849. The second-order valence-corrected chi connectivity index (χ2v) is 4.76. The van der Waals surface area contributed by atoms with Crippen LogP contribution in [0.4, 0.5) is 5.69 Å². The third-order valence-electron chi connectivity index (χ3n) is 2.55. The Kier molecular flexibility index (Phi) is 4.53. The molecule has 0 aliphatic carbocycles. The molecule has 0 radical (unpaired) electrons. The van der Waals surface area contributed by atoms with Crippen LogP contribution < -0.4 is 4.74 Å². The maximum Gasteiger partial charge on any atom is 0.119 e. The van der Waals surface area contributed by atoms with E-state index >= 15 is 0 Å². The molecule has 92 valence electrons. The summed E-state index contributed by atoms with van der Waals surface area (Å²) in [6.45, 7) is 0. The molecule has 0 saturated heterocycles. The summed E-state index contributed by atoms with van der Waals surface area (Å²) in [6, 6.07) is 16.0. The van der Waals surface area contributed by atoms with Crippen LogP contribution in [0.15, 0.2) is 58.0 Å². The molecule has 0 unspecified atom stereocenters. The van der Waals surface area contributed by atoms with E-state index in [1.54, 1.807) is 7.11 Å². The summed E-state index contributed by atoms with van der Waals surface area (Å²) in [5, 5.41) is 0. The van der Waals surface area contributed by atoms with Crippen LogP contribution in [0.1, 0.15) is 5.56 Å². The van der Waals surface area contributed by atoms with Gasteiger partial charge in [-0.3, -0.25) is 4.99 Å². The van der Waals surface area contributed by atoms with Crippen LogP contribution in [-0.4, -0.2) is 13.3 Å². The van der Waals surface area contributed by atoms with E-state index in [0.29, 0.717) is 0 Å². The minimum Gasteiger partial charge on any atom is -0.497 e. The number of benzene rings is 2. The highest BCUT2D eigenvalue weighted by molar-refractivity contribution is 9.10. The lowest BCUT2D eigenvalue weighted by atomic mass is 10.2. The van der Waals surface area contributed by atoms with E-state index in [2.05, 4.69) is 33.1 Å². The molecule has 0 heterocycles. The topological polar surface area (TPSA) is 21.6 Å². The molecule has 0 aromatic heterocycles. The summed E-state index contributed by atoms with van der Waals surface area (Å²) in [5.41, 5.74) is 2.18. The summed E-state index contributed by atoms with van der Waals surface area (Å²) >= 11 is 3.42. The van der Waals surface area contributed by atoms with Crippen LogP contribution in [0.5, 0.6) is 5.75 Å². The van der Waals surface area contributed by atoms with Crippen LogP contribution in [0, 0.1) is 0 Å². The van der Waals surface area contributed by atoms with Crippen molar-refractivity contribution < 1.29 is 4.74 Å². The lowest BCUT2D eigenvalue weighted by molar-refractivity contribution is 0.415. The molecule has 0 aliphatic rings. The number of aliphatic imine (C=N–C) groups is 1. The molecule has 2 aromatic carbocycles. The minimum atomic E-state index is 0.833. The number of methoxy groups -OCH3 is 1. The minimum absolute atomic E-state index is 0.833. The van der Waals surface area contributed by atoms with Crippen LogP contribution in [0.2, 0.25) is 0 Å². The van der Waals surface area contributed by atoms with Gasteiger partial charge in [0.05, 0.1) is 12.8 Å². The van der Waals surface area contributed by atoms with Crippen molar-refractivity contribution >= 4 is 27.8 Å². The Labute approximate surface area is 115 Å². The lowest BCUT2D eigenvalue weighted by Crippen LogP contribution is -1.85. The molecule has 3 heteroatoms. The largest absolute Gasteiger partial charge is 0.497 e. The molecule has 0 N–H and O–H groups in total. The van der Waals surface area contributed by atoms with Gasteiger partial charge < -0.3 is 4.74 Å². The highest BCUT2D eigenvalue weighted by Gasteiger charge is 1.92. The van der Waals surface area contributed by atoms with Crippen molar-refractivity contribution in [2.24, 2.45) is 4.99 Å². The maximum atomic E-state index is 5.10. The fraction of sp³-hybridized carbons (Fsp3) is 0.133. The molecule has 2 rings (SSSR count). The van der Waals surface area contributed by atoms with Crippen molar-refractivity contribution in [1.29, 1.82) is 0 Å². The van der Waals surface area contributed by atoms with E-state index in [1.165, 1.54) is 5.56 Å². The predicted octanol–water partition coefficient (Wildman–Crippen LogP) is 4.40. The van der Waals surface area contributed by atoms with E-state index in [9.17, 15) is 0 Å². The average molecular weight is 304 g/mol. The zero-order chi connectivity index (χ0) is 12.8. The number of hydrogen-bond acceptors (Lipinski definition) is 2. The van der Waals surface area contributed by atoms with E-state index in [-0.39, 0.29) is 0 Å². The quantitative estimate of drug-likeness (QED) is 0.767. The van der Waals surface area contributed by atoms with Crippen molar-refractivity contribution in [3.05, 3.63) is 58.6 Å². The van der Waals surface area contributed by atoms with Gasteiger partial charge in [-0.2, -0.15) is 0 Å². The van der Waals surface area contributed by atoms with Crippen molar-refractivity contribution in [3.8, 4) is 5.75 Å². The molecular weight excluding hydrogens is 290 g/mol. The Bertz CT molecular complexity index is 517. The molecule has 0 fully saturated rings. The average Bonchev–Trinajstić information content (AvgIpc) is 2.42. The first-order valence-corrected chi connectivity index (χ1v) is 6.48. The third-order valence-corrected chi connectivity index (χ3v) is 3.08. The summed E-state index contributed by atoms with van der Waals surface area (Å²) in [7, 11) is 1.66. The molecule has 0 amide bonds. The monoisotopic (exact) mass is 303 g/mol. The van der Waals surface area contributed by atoms with Gasteiger partial charge in [-0.25, -0.2) is 0 Å². The van der Waals surface area contributed by atoms with Gasteiger partial charge in [0.15, 0.2) is 0 Å². The molecular formula is C15H14BrNO. The van der Waals surface area contributed by atoms with Crippen molar-refractivity contribution in [1.82, 2.24) is 0 Å². The third kappa shape index (κ3) is 3.70. The van der Waals surface area contributed by atoms with Gasteiger partial charge in [-0.05, 0) is 42.0 Å². The van der Waals surface area contributed by atoms with Crippen LogP contribution in [0.3, 0.4) is 0 Å². The van der Waals surface area contributed by atoms with Crippen LogP contribution in [-0.2, 0) is 6.42 Å². The molecule has 0 bridgehead atoms. The SMILES string of the molecule is COc1ccc(N=CCc2ccc(Br)cc2)cc1. The Morgan fingerprint density at radius 2 is 1.72 bits per heavy atom. The highest BCUT2D eigenvalue weighted by Crippen LogP contribution is 2.17. The second kappa shape index (κ2) is 6.36. The number of hydrogen-bond donors (Lipinski definition) is 0. The van der Waals surface area contributed by atoms with Gasteiger partial charge in [-0.15, -0.1) is 0 Å². The lowest BCUT2D eigenvalue weighted by Gasteiger charge is -1.99. The molecule has 2 aromatic rings. The van der Waals surface area contributed by atoms with Gasteiger partial charge >= 0.3 is 0 Å². The van der Waals surface area contributed by atoms with Crippen LogP contribution in [0.25, 0.3) is 0 Å². The smallest absolute Gasteiger partial charge is 0.119 e. The Morgan fingerprint density at radius 3 is 2.33 bits per heavy atom. The Balaban J connectivity index is 1.96. The number of ether oxygens (including phenoxy) is 1.